The number of aromatic nitrogens is 1. The van der Waals surface area contributed by atoms with Gasteiger partial charge in [0.25, 0.3) is 13.4 Å². The highest BCUT2D eigenvalue weighted by atomic mass is 16.5. The highest BCUT2D eigenvalue weighted by Crippen LogP contribution is 2.47. The molecule has 72 heavy (non-hydrogen) atoms. The van der Waals surface area contributed by atoms with Crippen LogP contribution in [0.3, 0.4) is 0 Å². The monoisotopic (exact) mass is 928 g/mol. The predicted molar refractivity (Wildman–Crippen MR) is 296 cm³/mol. The van der Waals surface area contributed by atoms with Crippen LogP contribution in [0.2, 0.25) is 0 Å². The maximum absolute atomic E-state index is 7.19. The van der Waals surface area contributed by atoms with E-state index in [0.29, 0.717) is 5.88 Å². The zero-order valence-corrected chi connectivity index (χ0v) is 40.0. The molecule has 14 rings (SSSR count). The summed E-state index contributed by atoms with van der Waals surface area (Å²) in [6.45, 7) is 6.25. The summed E-state index contributed by atoms with van der Waals surface area (Å²) in [7, 11) is 0. The molecule has 0 saturated carbocycles. The van der Waals surface area contributed by atoms with E-state index in [0.717, 1.165) is 118 Å². The van der Waals surface area contributed by atoms with Gasteiger partial charge in [0.05, 0.1) is 5.69 Å². The Kier molecular flexibility index (Phi) is 9.52. The summed E-state index contributed by atoms with van der Waals surface area (Å²) < 4.78 is 21.4. The van der Waals surface area contributed by atoms with Crippen molar-refractivity contribution in [3.05, 3.63) is 230 Å². The van der Waals surface area contributed by atoms with E-state index in [9.17, 15) is 0 Å². The first-order valence-corrected chi connectivity index (χ1v) is 24.7. The average Bonchev–Trinajstić information content (AvgIpc) is 3.41. The average molecular weight is 929 g/mol. The number of ether oxygens (including phenoxy) is 3. The van der Waals surface area contributed by atoms with Crippen molar-refractivity contribution in [3.8, 4) is 34.6 Å². The Morgan fingerprint density at radius 2 is 0.875 bits per heavy atom. The van der Waals surface area contributed by atoms with Crippen LogP contribution in [0.1, 0.15) is 26.3 Å². The van der Waals surface area contributed by atoms with Crippen LogP contribution in [0.15, 0.2) is 224 Å². The number of nitrogens with zero attached hydrogens (tertiary/aromatic N) is 4. The standard InChI is InChI=1S/C63H46B2N4O3/c1-63(2,3)41-35-56-60-57(36-41)72-62-52(65(60)50-34-33-47(38-55(50)71-56)67(42-21-9-4-10-22-42)43-23-11-5-12-24-43)40-51-61(66-62)69(46-29-17-8-18-30-46)53-37-48(39-58-59(53)64(51)49-31-19-20-32-54(49)70-58)68(44-25-13-6-14-26-44)45-27-15-7-16-28-45/h4-40H,1-3H3. The Morgan fingerprint density at radius 1 is 0.389 bits per heavy atom. The summed E-state index contributed by atoms with van der Waals surface area (Å²) in [4.78, 5) is 12.7. The molecular formula is C63H46B2N4O3. The molecule has 9 aromatic carbocycles. The van der Waals surface area contributed by atoms with Gasteiger partial charge in [0.1, 0.15) is 34.6 Å². The lowest BCUT2D eigenvalue weighted by atomic mass is 9.31. The number of hydrogen-bond acceptors (Lipinski definition) is 7. The van der Waals surface area contributed by atoms with Crippen molar-refractivity contribution in [1.82, 2.24) is 4.98 Å². The van der Waals surface area contributed by atoms with E-state index >= 15 is 0 Å². The summed E-state index contributed by atoms with van der Waals surface area (Å²) in [5, 5.41) is 0. The molecule has 0 amide bonds. The zero-order chi connectivity index (χ0) is 48.1. The zero-order valence-electron chi connectivity index (χ0n) is 40.0. The van der Waals surface area contributed by atoms with Crippen LogP contribution in [0.4, 0.5) is 51.3 Å². The fraction of sp³-hybridized carbons (Fsp3) is 0.0635. The smallest absolute Gasteiger partial charge is 0.262 e. The summed E-state index contributed by atoms with van der Waals surface area (Å²) in [6.07, 6.45) is 0. The van der Waals surface area contributed by atoms with Crippen LogP contribution < -0.4 is 61.7 Å². The summed E-state index contributed by atoms with van der Waals surface area (Å²) in [5.41, 5.74) is 15.3. The fourth-order valence-corrected chi connectivity index (χ4v) is 11.2. The first kappa shape index (κ1) is 42.0. The van der Waals surface area contributed by atoms with Gasteiger partial charge in [0.15, 0.2) is 0 Å². The third-order valence-electron chi connectivity index (χ3n) is 14.5. The molecule has 4 aliphatic heterocycles. The van der Waals surface area contributed by atoms with Crippen LogP contribution in [-0.2, 0) is 5.41 Å². The minimum atomic E-state index is -0.237. The van der Waals surface area contributed by atoms with Crippen molar-refractivity contribution >= 4 is 97.5 Å². The Bertz CT molecular complexity index is 3660. The van der Waals surface area contributed by atoms with Crippen LogP contribution in [0.5, 0.6) is 34.6 Å². The van der Waals surface area contributed by atoms with Gasteiger partial charge in [-0.05, 0) is 129 Å². The van der Waals surface area contributed by atoms with E-state index in [1.54, 1.807) is 0 Å². The van der Waals surface area contributed by atoms with Gasteiger partial charge in [-0.15, -0.1) is 0 Å². The van der Waals surface area contributed by atoms with E-state index in [2.05, 4.69) is 260 Å². The van der Waals surface area contributed by atoms with Crippen LogP contribution >= 0.6 is 0 Å². The van der Waals surface area contributed by atoms with Gasteiger partial charge in [0.2, 0.25) is 5.88 Å². The summed E-state index contributed by atoms with van der Waals surface area (Å²) in [5.74, 6) is 5.37. The van der Waals surface area contributed by atoms with Crippen molar-refractivity contribution in [1.29, 1.82) is 0 Å². The van der Waals surface area contributed by atoms with Crippen LogP contribution in [0.25, 0.3) is 0 Å². The SMILES string of the molecule is CC(C)(C)c1cc2c3c(c1)Oc1nc4c(cc1B3c1ccc(N(c3ccccc3)c3ccccc3)cc1O2)B1c2ccccc2Oc2cc(N(c3ccccc3)c3ccccc3)cc(c21)N4c1ccccc1. The number of anilines is 9. The molecule has 1 aromatic heterocycles. The molecule has 0 atom stereocenters. The Balaban J connectivity index is 1.01. The van der Waals surface area contributed by atoms with Crippen molar-refractivity contribution in [2.45, 2.75) is 26.2 Å². The molecule has 0 bridgehead atoms. The lowest BCUT2D eigenvalue weighted by Crippen LogP contribution is -2.63. The van der Waals surface area contributed by atoms with E-state index in [4.69, 9.17) is 19.2 Å². The number of benzene rings is 9. The van der Waals surface area contributed by atoms with E-state index in [1.165, 1.54) is 0 Å². The molecule has 10 aromatic rings. The summed E-state index contributed by atoms with van der Waals surface area (Å²) in [6, 6.07) is 79.1. The van der Waals surface area contributed by atoms with Crippen LogP contribution in [-0.4, -0.2) is 18.4 Å². The van der Waals surface area contributed by atoms with Gasteiger partial charge in [-0.3, -0.25) is 4.90 Å². The van der Waals surface area contributed by atoms with Crippen molar-refractivity contribution in [3.63, 3.8) is 0 Å². The van der Waals surface area contributed by atoms with Gasteiger partial charge in [-0.1, -0.05) is 142 Å². The highest BCUT2D eigenvalue weighted by molar-refractivity contribution is 7.01. The van der Waals surface area contributed by atoms with Gasteiger partial charge >= 0.3 is 0 Å². The second-order valence-electron chi connectivity index (χ2n) is 19.9. The lowest BCUT2D eigenvalue weighted by molar-refractivity contribution is 0.448. The third-order valence-corrected chi connectivity index (χ3v) is 14.5. The van der Waals surface area contributed by atoms with Crippen molar-refractivity contribution < 1.29 is 14.2 Å². The second-order valence-corrected chi connectivity index (χ2v) is 19.9. The molecule has 342 valence electrons. The number of para-hydroxylation sites is 6. The maximum Gasteiger partial charge on any atom is 0.262 e. The number of rotatable bonds is 7. The molecule has 9 heteroatoms. The van der Waals surface area contributed by atoms with Crippen LogP contribution in [0, 0.1) is 0 Å². The first-order chi connectivity index (χ1) is 35.3. The Labute approximate surface area is 420 Å². The predicted octanol–water partition coefficient (Wildman–Crippen LogP) is 12.5. The largest absolute Gasteiger partial charge is 0.458 e. The number of pyridine rings is 1. The van der Waals surface area contributed by atoms with E-state index in [1.807, 2.05) is 0 Å². The van der Waals surface area contributed by atoms with E-state index in [-0.39, 0.29) is 18.8 Å². The van der Waals surface area contributed by atoms with Gasteiger partial charge in [-0.2, -0.15) is 4.98 Å². The maximum atomic E-state index is 7.19. The highest BCUT2D eigenvalue weighted by Gasteiger charge is 2.48. The van der Waals surface area contributed by atoms with Crippen molar-refractivity contribution in [2.24, 2.45) is 0 Å². The molecule has 0 radical (unpaired) electrons. The Morgan fingerprint density at radius 3 is 1.49 bits per heavy atom. The van der Waals surface area contributed by atoms with Gasteiger partial charge < -0.3 is 24.0 Å². The molecule has 0 spiro atoms. The Hall–Kier alpha value is -8.94. The number of fused-ring (bicyclic) bond motifs is 8. The second kappa shape index (κ2) is 16.3. The minimum absolute atomic E-state index is 0.191. The quantitative estimate of drug-likeness (QED) is 0.148. The molecule has 7 nitrogen and oxygen atoms in total. The lowest BCUT2D eigenvalue weighted by Gasteiger charge is -2.41. The molecule has 5 heterocycles. The molecule has 0 saturated heterocycles. The minimum Gasteiger partial charge on any atom is -0.458 e. The van der Waals surface area contributed by atoms with E-state index < -0.39 is 0 Å². The topological polar surface area (TPSA) is 50.3 Å². The van der Waals surface area contributed by atoms with Gasteiger partial charge in [-0.25, -0.2) is 0 Å². The fourth-order valence-electron chi connectivity index (χ4n) is 11.2. The first-order valence-electron chi connectivity index (χ1n) is 24.7. The molecule has 0 fully saturated rings. The molecule has 0 aliphatic carbocycles. The molecule has 0 unspecified atom stereocenters. The molecule has 4 aliphatic rings. The number of hydrogen-bond donors (Lipinski definition) is 0. The molecule has 0 N–H and O–H groups in total. The van der Waals surface area contributed by atoms with Crippen molar-refractivity contribution in [2.75, 3.05) is 14.7 Å². The summed E-state index contributed by atoms with van der Waals surface area (Å²) >= 11 is 0. The molecular weight excluding hydrogens is 882 g/mol. The third kappa shape index (κ3) is 6.72. The normalized spacial score (nSPS) is 13.2. The van der Waals surface area contributed by atoms with Gasteiger partial charge in [0, 0.05) is 57.4 Å².